The molecule has 1 amide bonds. The molecule has 27 heavy (non-hydrogen) atoms. The van der Waals surface area contributed by atoms with Gasteiger partial charge in [-0.25, -0.2) is 0 Å². The molecule has 150 valence electrons. The highest BCUT2D eigenvalue weighted by atomic mass is 35.5. The summed E-state index contributed by atoms with van der Waals surface area (Å²) < 4.78 is 10.9. The van der Waals surface area contributed by atoms with Gasteiger partial charge in [0.15, 0.2) is 0 Å². The maximum Gasteiger partial charge on any atom is 0.224 e. The van der Waals surface area contributed by atoms with Crippen LogP contribution >= 0.6 is 12.4 Å². The third-order valence-corrected chi connectivity index (χ3v) is 7.04. The van der Waals surface area contributed by atoms with E-state index in [1.165, 1.54) is 12.0 Å². The van der Waals surface area contributed by atoms with E-state index in [2.05, 4.69) is 17.4 Å². The van der Waals surface area contributed by atoms with E-state index in [1.54, 1.807) is 7.11 Å². The molecular weight excluding hydrogens is 364 g/mol. The number of fused-ring (bicyclic) bond motifs is 2. The number of hydrogen-bond donors (Lipinski definition) is 2. The molecular formula is C21H31ClN2O3. The van der Waals surface area contributed by atoms with Crippen molar-refractivity contribution in [2.45, 2.75) is 43.6 Å². The van der Waals surface area contributed by atoms with E-state index < -0.39 is 0 Å². The van der Waals surface area contributed by atoms with E-state index in [-0.39, 0.29) is 35.7 Å². The number of benzene rings is 1. The van der Waals surface area contributed by atoms with Crippen molar-refractivity contribution in [1.29, 1.82) is 0 Å². The molecule has 4 unspecified atom stereocenters. The molecule has 3 aliphatic rings. The molecule has 0 spiro atoms. The van der Waals surface area contributed by atoms with Crippen molar-refractivity contribution < 1.29 is 14.3 Å². The molecule has 0 aromatic heterocycles. The van der Waals surface area contributed by atoms with Crippen LogP contribution in [0.5, 0.6) is 5.75 Å². The monoisotopic (exact) mass is 394 g/mol. The molecule has 3 N–H and O–H groups in total. The smallest absolute Gasteiger partial charge is 0.224 e. The number of rotatable bonds is 5. The van der Waals surface area contributed by atoms with Gasteiger partial charge >= 0.3 is 0 Å². The van der Waals surface area contributed by atoms with Crippen LogP contribution < -0.4 is 15.8 Å². The zero-order chi connectivity index (χ0) is 18.1. The number of hydrogen-bond acceptors (Lipinski definition) is 4. The molecule has 1 heterocycles. The summed E-state index contributed by atoms with van der Waals surface area (Å²) in [5, 5.41) is 3.27. The molecule has 1 aliphatic heterocycles. The van der Waals surface area contributed by atoms with Gasteiger partial charge in [-0.05, 0) is 61.6 Å². The van der Waals surface area contributed by atoms with Crippen molar-refractivity contribution in [2.24, 2.45) is 23.5 Å². The maximum atomic E-state index is 12.9. The number of ether oxygens (including phenoxy) is 2. The van der Waals surface area contributed by atoms with Crippen LogP contribution in [0.3, 0.4) is 0 Å². The van der Waals surface area contributed by atoms with E-state index in [0.717, 1.165) is 44.6 Å². The summed E-state index contributed by atoms with van der Waals surface area (Å²) in [4.78, 5) is 12.9. The van der Waals surface area contributed by atoms with Gasteiger partial charge in [0.2, 0.25) is 5.91 Å². The molecule has 2 bridgehead atoms. The Morgan fingerprint density at radius 3 is 2.48 bits per heavy atom. The summed E-state index contributed by atoms with van der Waals surface area (Å²) in [5.41, 5.74) is 7.54. The molecule has 4 rings (SSSR count). The summed E-state index contributed by atoms with van der Waals surface area (Å²) in [6.07, 6.45) is 5.33. The fourth-order valence-corrected chi connectivity index (χ4v) is 5.37. The van der Waals surface area contributed by atoms with Crippen LogP contribution in [0.25, 0.3) is 0 Å². The largest absolute Gasteiger partial charge is 0.497 e. The predicted molar refractivity (Wildman–Crippen MR) is 107 cm³/mol. The number of carbonyl (C=O) groups is 1. The highest BCUT2D eigenvalue weighted by Crippen LogP contribution is 2.47. The second kappa shape index (κ2) is 8.38. The van der Waals surface area contributed by atoms with Crippen molar-refractivity contribution in [3.05, 3.63) is 29.8 Å². The molecule has 1 aromatic carbocycles. The Morgan fingerprint density at radius 1 is 1.22 bits per heavy atom. The Morgan fingerprint density at radius 2 is 1.89 bits per heavy atom. The summed E-state index contributed by atoms with van der Waals surface area (Å²) in [6, 6.07) is 8.29. The van der Waals surface area contributed by atoms with Crippen molar-refractivity contribution in [3.63, 3.8) is 0 Å². The standard InChI is InChI=1S/C21H30N2O3.ClH/c1-25-17-6-4-16(5-7-17)21(8-10-26-11-9-21)13-23-20(24)18-14-2-3-15(12-14)19(18)22;/h4-7,14-15,18-19H,2-3,8-13,22H2,1H3,(H,23,24);1H. The molecule has 4 atom stereocenters. The number of nitrogens with one attached hydrogen (secondary N) is 1. The summed E-state index contributed by atoms with van der Waals surface area (Å²) in [7, 11) is 1.68. The second-order valence-electron chi connectivity index (χ2n) is 8.28. The van der Waals surface area contributed by atoms with Gasteiger partial charge in [-0.15, -0.1) is 12.4 Å². The van der Waals surface area contributed by atoms with Gasteiger partial charge < -0.3 is 20.5 Å². The van der Waals surface area contributed by atoms with Crippen LogP contribution in [0.1, 0.15) is 37.7 Å². The Labute approximate surface area is 167 Å². The zero-order valence-corrected chi connectivity index (χ0v) is 16.8. The molecule has 2 saturated carbocycles. The van der Waals surface area contributed by atoms with E-state index >= 15 is 0 Å². The van der Waals surface area contributed by atoms with Crippen LogP contribution in [0.15, 0.2) is 24.3 Å². The van der Waals surface area contributed by atoms with E-state index in [0.29, 0.717) is 18.4 Å². The van der Waals surface area contributed by atoms with E-state index in [9.17, 15) is 4.79 Å². The Balaban J connectivity index is 0.00000210. The topological polar surface area (TPSA) is 73.6 Å². The Hall–Kier alpha value is -1.30. The van der Waals surface area contributed by atoms with Gasteiger partial charge in [-0.1, -0.05) is 12.1 Å². The molecule has 5 nitrogen and oxygen atoms in total. The lowest BCUT2D eigenvalue weighted by atomic mass is 9.74. The van der Waals surface area contributed by atoms with Gasteiger partial charge in [-0.3, -0.25) is 4.79 Å². The van der Waals surface area contributed by atoms with Gasteiger partial charge in [0.1, 0.15) is 5.75 Å². The van der Waals surface area contributed by atoms with Gasteiger partial charge in [-0.2, -0.15) is 0 Å². The fourth-order valence-electron chi connectivity index (χ4n) is 5.37. The normalized spacial score (nSPS) is 31.2. The first-order chi connectivity index (χ1) is 12.6. The van der Waals surface area contributed by atoms with E-state index in [1.807, 2.05) is 12.1 Å². The SMILES string of the molecule is COc1ccc(C2(CNC(=O)C3C4CCC(C4)C3N)CCOCC2)cc1.Cl. The van der Waals surface area contributed by atoms with Crippen molar-refractivity contribution in [2.75, 3.05) is 26.9 Å². The third kappa shape index (κ3) is 3.82. The van der Waals surface area contributed by atoms with Gasteiger partial charge in [0.05, 0.1) is 13.0 Å². The fraction of sp³-hybridized carbons (Fsp3) is 0.667. The first kappa shape index (κ1) is 20.4. The number of carbonyl (C=O) groups excluding carboxylic acids is 1. The van der Waals surface area contributed by atoms with Crippen LogP contribution in [0.2, 0.25) is 0 Å². The van der Waals surface area contributed by atoms with Crippen LogP contribution in [-0.2, 0) is 14.9 Å². The summed E-state index contributed by atoms with van der Waals surface area (Å²) in [5.74, 6) is 2.05. The molecule has 6 heteroatoms. The Bertz CT molecular complexity index is 643. The average Bonchev–Trinajstić information content (AvgIpc) is 3.28. The van der Waals surface area contributed by atoms with E-state index in [4.69, 9.17) is 15.2 Å². The quantitative estimate of drug-likeness (QED) is 0.805. The highest BCUT2D eigenvalue weighted by Gasteiger charge is 2.49. The summed E-state index contributed by atoms with van der Waals surface area (Å²) in [6.45, 7) is 2.12. The molecule has 1 saturated heterocycles. The van der Waals surface area contributed by atoms with Crippen molar-refractivity contribution in [1.82, 2.24) is 5.32 Å². The lowest BCUT2D eigenvalue weighted by molar-refractivity contribution is -0.127. The first-order valence-corrected chi connectivity index (χ1v) is 9.88. The predicted octanol–water partition coefficient (Wildman–Crippen LogP) is 2.65. The number of halogens is 1. The molecule has 3 fully saturated rings. The minimum atomic E-state index is -0.0676. The van der Waals surface area contributed by atoms with Crippen LogP contribution in [0.4, 0.5) is 0 Å². The number of amides is 1. The highest BCUT2D eigenvalue weighted by molar-refractivity contribution is 5.85. The minimum Gasteiger partial charge on any atom is -0.497 e. The average molecular weight is 395 g/mol. The lowest BCUT2D eigenvalue weighted by Gasteiger charge is -2.38. The number of methoxy groups -OCH3 is 1. The maximum absolute atomic E-state index is 12.9. The number of nitrogens with two attached hydrogens (primary N) is 1. The summed E-state index contributed by atoms with van der Waals surface area (Å²) >= 11 is 0. The molecule has 0 radical (unpaired) electrons. The van der Waals surface area contributed by atoms with Crippen molar-refractivity contribution in [3.8, 4) is 5.75 Å². The molecule has 2 aliphatic carbocycles. The zero-order valence-electron chi connectivity index (χ0n) is 16.0. The first-order valence-electron chi connectivity index (χ1n) is 9.88. The van der Waals surface area contributed by atoms with Crippen LogP contribution in [0, 0.1) is 17.8 Å². The molecule has 1 aromatic rings. The second-order valence-corrected chi connectivity index (χ2v) is 8.28. The van der Waals surface area contributed by atoms with Crippen LogP contribution in [-0.4, -0.2) is 38.8 Å². The van der Waals surface area contributed by atoms with Gasteiger partial charge in [0, 0.05) is 31.2 Å². The lowest BCUT2D eigenvalue weighted by Crippen LogP contribution is -2.50. The minimum absolute atomic E-state index is 0. The van der Waals surface area contributed by atoms with Gasteiger partial charge in [0.25, 0.3) is 0 Å². The van der Waals surface area contributed by atoms with Crippen molar-refractivity contribution >= 4 is 18.3 Å². The third-order valence-electron chi connectivity index (χ3n) is 7.04. The Kier molecular flexibility index (Phi) is 6.34.